The average Bonchev–Trinajstić information content (AvgIpc) is 3.13. The summed E-state index contributed by atoms with van der Waals surface area (Å²) in [6, 6.07) is 12.0. The number of benzene rings is 2. The van der Waals surface area contributed by atoms with Crippen LogP contribution in [0.2, 0.25) is 0 Å². The lowest BCUT2D eigenvalue weighted by Gasteiger charge is -2.24. The molecular formula is C23H30ClN3OS. The van der Waals surface area contributed by atoms with Crippen molar-refractivity contribution in [2.24, 2.45) is 0 Å². The van der Waals surface area contributed by atoms with Crippen LogP contribution in [0, 0.1) is 20.8 Å². The molecule has 0 spiro atoms. The van der Waals surface area contributed by atoms with E-state index in [0.29, 0.717) is 12.1 Å². The summed E-state index contributed by atoms with van der Waals surface area (Å²) in [6.07, 6.45) is 0. The Morgan fingerprint density at radius 3 is 2.24 bits per heavy atom. The molecule has 6 heteroatoms. The number of halogens is 1. The molecule has 0 fully saturated rings. The third-order valence-corrected chi connectivity index (χ3v) is 6.43. The Kier molecular flexibility index (Phi) is 8.20. The van der Waals surface area contributed by atoms with E-state index in [2.05, 4.69) is 44.7 Å². The molecule has 0 aliphatic heterocycles. The number of aryl methyl sites for hydroxylation is 3. The van der Waals surface area contributed by atoms with Crippen molar-refractivity contribution in [2.75, 3.05) is 31.1 Å². The normalized spacial score (nSPS) is 11.0. The van der Waals surface area contributed by atoms with Gasteiger partial charge in [-0.15, -0.1) is 12.4 Å². The van der Waals surface area contributed by atoms with Crippen LogP contribution in [-0.2, 0) is 0 Å². The largest absolute Gasteiger partial charge is 0.302 e. The molecule has 0 bridgehead atoms. The highest BCUT2D eigenvalue weighted by molar-refractivity contribution is 7.22. The van der Waals surface area contributed by atoms with Gasteiger partial charge in [0.15, 0.2) is 5.13 Å². The van der Waals surface area contributed by atoms with Crippen LogP contribution in [0.25, 0.3) is 10.2 Å². The molecule has 0 unspecified atom stereocenters. The van der Waals surface area contributed by atoms with Gasteiger partial charge >= 0.3 is 0 Å². The Hall–Kier alpha value is -1.95. The van der Waals surface area contributed by atoms with Crippen LogP contribution in [0.1, 0.15) is 40.9 Å². The Morgan fingerprint density at radius 2 is 1.62 bits per heavy atom. The number of hydrogen-bond acceptors (Lipinski definition) is 4. The molecule has 0 aliphatic rings. The number of carbonyl (C=O) groups excluding carboxylic acids is 1. The SMILES string of the molecule is CCN(CC)CCN(C(=O)c1ccc(C)cc1)c1nc2c(C)c(C)ccc2s1.Cl. The minimum absolute atomic E-state index is 0. The topological polar surface area (TPSA) is 36.4 Å². The predicted molar refractivity (Wildman–Crippen MR) is 127 cm³/mol. The zero-order chi connectivity index (χ0) is 20.3. The molecule has 0 radical (unpaired) electrons. The van der Waals surface area contributed by atoms with E-state index in [9.17, 15) is 4.79 Å². The Balaban J connectivity index is 0.00000300. The van der Waals surface area contributed by atoms with Gasteiger partial charge in [0.25, 0.3) is 5.91 Å². The second kappa shape index (κ2) is 10.2. The number of nitrogens with zero attached hydrogens (tertiary/aromatic N) is 3. The number of aromatic nitrogens is 1. The fourth-order valence-corrected chi connectivity index (χ4v) is 4.30. The number of fused-ring (bicyclic) bond motifs is 1. The minimum atomic E-state index is 0. The molecule has 0 aliphatic carbocycles. The first kappa shape index (κ1) is 23.3. The molecule has 0 atom stereocenters. The highest BCUT2D eigenvalue weighted by Gasteiger charge is 2.22. The number of carbonyl (C=O) groups is 1. The molecule has 0 saturated carbocycles. The Labute approximate surface area is 184 Å². The van der Waals surface area contributed by atoms with Crippen molar-refractivity contribution in [3.63, 3.8) is 0 Å². The smallest absolute Gasteiger partial charge is 0.260 e. The maximum absolute atomic E-state index is 13.3. The van der Waals surface area contributed by atoms with Gasteiger partial charge in [-0.1, -0.05) is 48.9 Å². The summed E-state index contributed by atoms with van der Waals surface area (Å²) < 4.78 is 1.13. The zero-order valence-electron chi connectivity index (χ0n) is 17.9. The zero-order valence-corrected chi connectivity index (χ0v) is 19.5. The lowest BCUT2D eigenvalue weighted by atomic mass is 10.1. The van der Waals surface area contributed by atoms with Crippen LogP contribution in [0.5, 0.6) is 0 Å². The maximum Gasteiger partial charge on any atom is 0.260 e. The highest BCUT2D eigenvalue weighted by atomic mass is 35.5. The fraction of sp³-hybridized carbons (Fsp3) is 0.391. The molecule has 0 N–H and O–H groups in total. The van der Waals surface area contributed by atoms with Crippen LogP contribution < -0.4 is 4.90 Å². The van der Waals surface area contributed by atoms with E-state index in [1.807, 2.05) is 36.1 Å². The molecule has 156 valence electrons. The predicted octanol–water partition coefficient (Wildman–Crippen LogP) is 5.63. The molecule has 29 heavy (non-hydrogen) atoms. The minimum Gasteiger partial charge on any atom is -0.302 e. The van der Waals surface area contributed by atoms with Crippen LogP contribution in [0.15, 0.2) is 36.4 Å². The number of likely N-dealkylation sites (N-methyl/N-ethyl adjacent to an activating group) is 1. The fourth-order valence-electron chi connectivity index (χ4n) is 3.25. The third-order valence-electron chi connectivity index (χ3n) is 5.38. The van der Waals surface area contributed by atoms with Gasteiger partial charge in [0.05, 0.1) is 10.2 Å². The van der Waals surface area contributed by atoms with Gasteiger partial charge in [-0.05, 0) is 63.2 Å². The number of thiazole rings is 1. The van der Waals surface area contributed by atoms with Gasteiger partial charge in [-0.2, -0.15) is 0 Å². The summed E-state index contributed by atoms with van der Waals surface area (Å²) in [6.45, 7) is 13.9. The summed E-state index contributed by atoms with van der Waals surface area (Å²) in [5.74, 6) is 0.0144. The van der Waals surface area contributed by atoms with Gasteiger partial charge in [-0.3, -0.25) is 9.69 Å². The van der Waals surface area contributed by atoms with Crippen LogP contribution in [0.3, 0.4) is 0 Å². The summed E-state index contributed by atoms with van der Waals surface area (Å²) in [7, 11) is 0. The monoisotopic (exact) mass is 431 g/mol. The van der Waals surface area contributed by atoms with Gasteiger partial charge in [0.2, 0.25) is 0 Å². The van der Waals surface area contributed by atoms with Crippen molar-refractivity contribution in [2.45, 2.75) is 34.6 Å². The Bertz CT molecular complexity index is 964. The van der Waals surface area contributed by atoms with Crippen LogP contribution in [0.4, 0.5) is 5.13 Å². The van der Waals surface area contributed by atoms with E-state index >= 15 is 0 Å². The second-order valence-corrected chi connectivity index (χ2v) is 8.21. The van der Waals surface area contributed by atoms with Crippen molar-refractivity contribution < 1.29 is 4.79 Å². The first-order valence-electron chi connectivity index (χ1n) is 9.92. The number of amides is 1. The lowest BCUT2D eigenvalue weighted by Crippen LogP contribution is -2.38. The molecule has 4 nitrogen and oxygen atoms in total. The summed E-state index contributed by atoms with van der Waals surface area (Å²) in [5.41, 5.74) is 5.27. The highest BCUT2D eigenvalue weighted by Crippen LogP contribution is 2.32. The van der Waals surface area contributed by atoms with E-state index in [-0.39, 0.29) is 18.3 Å². The standard InChI is InChI=1S/C23H29N3OS.ClH/c1-6-25(7-2)14-15-26(22(27)19-11-8-16(3)9-12-19)23-24-21-18(5)17(4)10-13-20(21)28-23;/h8-13H,6-7,14-15H2,1-5H3;1H. The summed E-state index contributed by atoms with van der Waals surface area (Å²) >= 11 is 1.60. The molecule has 1 amide bonds. The van der Waals surface area contributed by atoms with E-state index in [1.165, 1.54) is 11.1 Å². The first-order chi connectivity index (χ1) is 13.4. The number of hydrogen-bond donors (Lipinski definition) is 0. The quantitative estimate of drug-likeness (QED) is 0.486. The number of anilines is 1. The molecule has 3 aromatic rings. The van der Waals surface area contributed by atoms with Crippen molar-refractivity contribution in [1.82, 2.24) is 9.88 Å². The molecule has 2 aromatic carbocycles. The summed E-state index contributed by atoms with van der Waals surface area (Å²) in [5, 5.41) is 0.779. The lowest BCUT2D eigenvalue weighted by molar-refractivity contribution is 0.0984. The first-order valence-corrected chi connectivity index (χ1v) is 10.7. The van der Waals surface area contributed by atoms with E-state index in [0.717, 1.165) is 40.5 Å². The van der Waals surface area contributed by atoms with Crippen LogP contribution in [-0.4, -0.2) is 42.0 Å². The van der Waals surface area contributed by atoms with E-state index < -0.39 is 0 Å². The molecular weight excluding hydrogens is 402 g/mol. The molecule has 3 rings (SSSR count). The van der Waals surface area contributed by atoms with Gasteiger partial charge < -0.3 is 4.90 Å². The molecule has 1 heterocycles. The van der Waals surface area contributed by atoms with E-state index in [4.69, 9.17) is 4.98 Å². The van der Waals surface area contributed by atoms with Gasteiger partial charge in [-0.25, -0.2) is 4.98 Å². The average molecular weight is 432 g/mol. The summed E-state index contributed by atoms with van der Waals surface area (Å²) in [4.78, 5) is 22.4. The van der Waals surface area contributed by atoms with E-state index in [1.54, 1.807) is 11.3 Å². The van der Waals surface area contributed by atoms with Gasteiger partial charge in [0, 0.05) is 18.7 Å². The Morgan fingerprint density at radius 1 is 0.966 bits per heavy atom. The maximum atomic E-state index is 13.3. The molecule has 1 aromatic heterocycles. The van der Waals surface area contributed by atoms with Crippen LogP contribution >= 0.6 is 23.7 Å². The second-order valence-electron chi connectivity index (χ2n) is 7.20. The van der Waals surface area contributed by atoms with Crippen molar-refractivity contribution in [3.05, 3.63) is 58.7 Å². The van der Waals surface area contributed by atoms with Crippen molar-refractivity contribution >= 4 is 45.0 Å². The molecule has 0 saturated heterocycles. The van der Waals surface area contributed by atoms with Crippen molar-refractivity contribution in [1.29, 1.82) is 0 Å². The third kappa shape index (κ3) is 5.16. The van der Waals surface area contributed by atoms with Gasteiger partial charge in [0.1, 0.15) is 0 Å². The number of rotatable bonds is 7. The van der Waals surface area contributed by atoms with Crippen molar-refractivity contribution in [3.8, 4) is 0 Å².